The summed E-state index contributed by atoms with van der Waals surface area (Å²) in [5, 5.41) is 6.44. The van der Waals surface area contributed by atoms with E-state index in [1.807, 2.05) is 13.1 Å². The van der Waals surface area contributed by atoms with Crippen LogP contribution in [-0.2, 0) is 6.42 Å². The summed E-state index contributed by atoms with van der Waals surface area (Å²) >= 11 is 0. The first-order valence-electron chi connectivity index (χ1n) is 6.02. The van der Waals surface area contributed by atoms with Crippen LogP contribution in [0.1, 0.15) is 19.7 Å². The van der Waals surface area contributed by atoms with Crippen molar-refractivity contribution in [1.29, 1.82) is 0 Å². The lowest BCUT2D eigenvalue weighted by Gasteiger charge is -2.19. The predicted octanol–water partition coefficient (Wildman–Crippen LogP) is 1.44. The van der Waals surface area contributed by atoms with E-state index in [0.29, 0.717) is 6.04 Å². The molecule has 17 heavy (non-hydrogen) atoms. The van der Waals surface area contributed by atoms with Gasteiger partial charge in [-0.15, -0.1) is 0 Å². The zero-order chi connectivity index (χ0) is 12.8. The molecule has 0 amide bonds. The predicted molar refractivity (Wildman–Crippen MR) is 72.6 cm³/mol. The van der Waals surface area contributed by atoms with E-state index in [1.165, 1.54) is 0 Å². The first kappa shape index (κ1) is 13.7. The molecule has 0 radical (unpaired) electrons. The summed E-state index contributed by atoms with van der Waals surface area (Å²) < 4.78 is 0. The second-order valence-corrected chi connectivity index (χ2v) is 4.47. The molecule has 0 aliphatic carbocycles. The lowest BCUT2D eigenvalue weighted by molar-refractivity contribution is 0.392. The van der Waals surface area contributed by atoms with Crippen molar-refractivity contribution in [3.63, 3.8) is 0 Å². The topological polar surface area (TPSA) is 53.1 Å². The highest BCUT2D eigenvalue weighted by Gasteiger charge is 2.07. The van der Waals surface area contributed by atoms with Crippen molar-refractivity contribution in [2.24, 2.45) is 0 Å². The number of hydrogen-bond acceptors (Lipinski definition) is 5. The molecule has 96 valence electrons. The fraction of sp³-hybridized carbons (Fsp3) is 0.667. The van der Waals surface area contributed by atoms with Crippen molar-refractivity contribution < 1.29 is 0 Å². The van der Waals surface area contributed by atoms with Gasteiger partial charge in [0.15, 0.2) is 0 Å². The Morgan fingerprint density at radius 2 is 1.94 bits per heavy atom. The molecule has 0 aliphatic heterocycles. The van der Waals surface area contributed by atoms with Crippen molar-refractivity contribution >= 4 is 11.6 Å². The SMILES string of the molecule is CCc1nc(NC)cc(NC(C)CN(C)C)n1. The average Bonchev–Trinajstić information content (AvgIpc) is 2.27. The van der Waals surface area contributed by atoms with Gasteiger partial charge in [0.05, 0.1) is 0 Å². The molecule has 1 heterocycles. The Morgan fingerprint density at radius 3 is 2.47 bits per heavy atom. The molecule has 0 spiro atoms. The fourth-order valence-electron chi connectivity index (χ4n) is 1.70. The molecule has 0 saturated heterocycles. The maximum Gasteiger partial charge on any atom is 0.132 e. The molecule has 1 atom stereocenters. The normalized spacial score (nSPS) is 12.6. The minimum absolute atomic E-state index is 0.356. The van der Waals surface area contributed by atoms with Gasteiger partial charge < -0.3 is 15.5 Å². The van der Waals surface area contributed by atoms with E-state index in [0.717, 1.165) is 30.4 Å². The van der Waals surface area contributed by atoms with Crippen LogP contribution >= 0.6 is 0 Å². The monoisotopic (exact) mass is 237 g/mol. The largest absolute Gasteiger partial charge is 0.373 e. The molecule has 5 nitrogen and oxygen atoms in total. The second kappa shape index (κ2) is 6.39. The Morgan fingerprint density at radius 1 is 1.29 bits per heavy atom. The molecule has 1 aromatic heterocycles. The summed E-state index contributed by atoms with van der Waals surface area (Å²) in [6.45, 7) is 5.18. The van der Waals surface area contributed by atoms with Gasteiger partial charge >= 0.3 is 0 Å². The van der Waals surface area contributed by atoms with Crippen molar-refractivity contribution in [3.05, 3.63) is 11.9 Å². The van der Waals surface area contributed by atoms with Gasteiger partial charge in [-0.25, -0.2) is 9.97 Å². The number of rotatable bonds is 6. The van der Waals surface area contributed by atoms with Gasteiger partial charge in [-0.3, -0.25) is 0 Å². The third-order valence-corrected chi connectivity index (χ3v) is 2.38. The maximum absolute atomic E-state index is 4.47. The Balaban J connectivity index is 2.75. The van der Waals surface area contributed by atoms with E-state index in [-0.39, 0.29) is 0 Å². The van der Waals surface area contributed by atoms with Gasteiger partial charge in [-0.1, -0.05) is 6.92 Å². The van der Waals surface area contributed by atoms with Crippen LogP contribution in [0.4, 0.5) is 11.6 Å². The summed E-state index contributed by atoms with van der Waals surface area (Å²) in [6, 6.07) is 2.29. The lowest BCUT2D eigenvalue weighted by Crippen LogP contribution is -2.30. The Kier molecular flexibility index (Phi) is 5.15. The van der Waals surface area contributed by atoms with Gasteiger partial charge in [0.2, 0.25) is 0 Å². The Labute approximate surface area is 104 Å². The van der Waals surface area contributed by atoms with Crippen LogP contribution < -0.4 is 10.6 Å². The first-order chi connectivity index (χ1) is 8.05. The van der Waals surface area contributed by atoms with E-state index >= 15 is 0 Å². The molecule has 0 aliphatic rings. The average molecular weight is 237 g/mol. The number of aromatic nitrogens is 2. The van der Waals surface area contributed by atoms with Crippen LogP contribution in [0.15, 0.2) is 6.07 Å². The third-order valence-electron chi connectivity index (χ3n) is 2.38. The van der Waals surface area contributed by atoms with Gasteiger partial charge in [0.25, 0.3) is 0 Å². The number of aryl methyl sites for hydroxylation is 1. The molecule has 1 rings (SSSR count). The fourth-order valence-corrected chi connectivity index (χ4v) is 1.70. The zero-order valence-corrected chi connectivity index (χ0v) is 11.4. The Hall–Kier alpha value is -1.36. The second-order valence-electron chi connectivity index (χ2n) is 4.47. The summed E-state index contributed by atoms with van der Waals surface area (Å²) in [5.41, 5.74) is 0. The van der Waals surface area contributed by atoms with Crippen molar-refractivity contribution in [3.8, 4) is 0 Å². The van der Waals surface area contributed by atoms with Crippen LogP contribution in [0.25, 0.3) is 0 Å². The van der Waals surface area contributed by atoms with Crippen LogP contribution in [0.3, 0.4) is 0 Å². The van der Waals surface area contributed by atoms with Crippen LogP contribution in [0, 0.1) is 0 Å². The molecule has 0 saturated carbocycles. The molecular formula is C12H23N5. The summed E-state index contributed by atoms with van der Waals surface area (Å²) in [6.07, 6.45) is 0.840. The third kappa shape index (κ3) is 4.56. The van der Waals surface area contributed by atoms with Crippen LogP contribution in [0.2, 0.25) is 0 Å². The van der Waals surface area contributed by atoms with E-state index in [4.69, 9.17) is 0 Å². The minimum atomic E-state index is 0.356. The highest BCUT2D eigenvalue weighted by molar-refractivity contribution is 5.47. The molecule has 0 aromatic carbocycles. The molecule has 0 fully saturated rings. The number of anilines is 2. The smallest absolute Gasteiger partial charge is 0.132 e. The molecule has 1 aromatic rings. The maximum atomic E-state index is 4.47. The van der Waals surface area contributed by atoms with E-state index in [9.17, 15) is 0 Å². The first-order valence-corrected chi connectivity index (χ1v) is 6.02. The molecular weight excluding hydrogens is 214 g/mol. The molecule has 5 heteroatoms. The van der Waals surface area contributed by atoms with Gasteiger partial charge in [-0.05, 0) is 21.0 Å². The Bertz CT molecular complexity index is 328. The highest BCUT2D eigenvalue weighted by Crippen LogP contribution is 2.12. The zero-order valence-electron chi connectivity index (χ0n) is 11.4. The van der Waals surface area contributed by atoms with Crippen molar-refractivity contribution in [1.82, 2.24) is 14.9 Å². The van der Waals surface area contributed by atoms with Gasteiger partial charge in [0.1, 0.15) is 17.5 Å². The summed E-state index contributed by atoms with van der Waals surface area (Å²) in [4.78, 5) is 11.0. The minimum Gasteiger partial charge on any atom is -0.373 e. The highest BCUT2D eigenvalue weighted by atomic mass is 15.1. The molecule has 2 N–H and O–H groups in total. The van der Waals surface area contributed by atoms with Gasteiger partial charge in [0, 0.05) is 32.1 Å². The quantitative estimate of drug-likeness (QED) is 0.784. The van der Waals surface area contributed by atoms with Gasteiger partial charge in [-0.2, -0.15) is 0 Å². The van der Waals surface area contributed by atoms with Crippen LogP contribution in [0.5, 0.6) is 0 Å². The summed E-state index contributed by atoms with van der Waals surface area (Å²) in [5.74, 6) is 2.60. The van der Waals surface area contributed by atoms with E-state index < -0.39 is 0 Å². The van der Waals surface area contributed by atoms with Crippen molar-refractivity contribution in [2.45, 2.75) is 26.3 Å². The van der Waals surface area contributed by atoms with E-state index in [1.54, 1.807) is 0 Å². The van der Waals surface area contributed by atoms with E-state index in [2.05, 4.69) is 53.4 Å². The summed E-state index contributed by atoms with van der Waals surface area (Å²) in [7, 11) is 6.00. The number of nitrogens with zero attached hydrogens (tertiary/aromatic N) is 3. The standard InChI is InChI=1S/C12H23N5/c1-6-10-15-11(13-3)7-12(16-10)14-9(2)8-17(4)5/h7,9H,6,8H2,1-5H3,(H2,13,14,15,16). The number of nitrogens with one attached hydrogen (secondary N) is 2. The number of hydrogen-bond donors (Lipinski definition) is 2. The number of likely N-dealkylation sites (N-methyl/N-ethyl adjacent to an activating group) is 1. The van der Waals surface area contributed by atoms with Crippen LogP contribution in [-0.4, -0.2) is 48.6 Å². The lowest BCUT2D eigenvalue weighted by atomic mass is 10.3. The molecule has 1 unspecified atom stereocenters. The molecule has 0 bridgehead atoms. The van der Waals surface area contributed by atoms with Crippen molar-refractivity contribution in [2.75, 3.05) is 38.3 Å².